The number of aryl methyl sites for hydroxylation is 1. The summed E-state index contributed by atoms with van der Waals surface area (Å²) in [4.78, 5) is 40.6. The monoisotopic (exact) mass is 672 g/mol. The molecule has 2 unspecified atom stereocenters. The van der Waals surface area contributed by atoms with Crippen molar-refractivity contribution in [2.75, 3.05) is 33.0 Å². The number of carbonyl (C=O) groups excluding carboxylic acids is 3. The van der Waals surface area contributed by atoms with Gasteiger partial charge < -0.3 is 20.3 Å². The molecule has 3 N–H and O–H groups in total. The van der Waals surface area contributed by atoms with E-state index in [1.807, 2.05) is 90.1 Å². The average molecular weight is 673 g/mol. The molecule has 0 fully saturated rings. The van der Waals surface area contributed by atoms with Crippen LogP contribution in [0.15, 0.2) is 65.6 Å². The molecule has 2 rings (SSSR count). The number of likely N-dealkylation sites (N-methyl/N-ethyl adjacent to an activating group) is 2. The number of amides is 3. The average Bonchev–Trinajstić information content (AvgIpc) is 2.97. The summed E-state index contributed by atoms with van der Waals surface area (Å²) in [6.07, 6.45) is 0. The summed E-state index contributed by atoms with van der Waals surface area (Å²) in [5.41, 5.74) is 1.72. The van der Waals surface area contributed by atoms with E-state index in [0.717, 1.165) is 16.2 Å². The van der Waals surface area contributed by atoms with Gasteiger partial charge in [0.1, 0.15) is 11.8 Å². The summed E-state index contributed by atoms with van der Waals surface area (Å²) in [5.74, 6) is 1.32. The molecule has 256 valence electrons. The first-order chi connectivity index (χ1) is 21.3. The van der Waals surface area contributed by atoms with Gasteiger partial charge in [0.15, 0.2) is 0 Å². The van der Waals surface area contributed by atoms with Crippen LogP contribution in [0.2, 0.25) is 0 Å². The lowest BCUT2D eigenvalue weighted by Crippen LogP contribution is -2.61. The Morgan fingerprint density at radius 3 is 2.13 bits per heavy atom. The van der Waals surface area contributed by atoms with Crippen molar-refractivity contribution < 1.29 is 19.1 Å². The van der Waals surface area contributed by atoms with Crippen LogP contribution < -0.4 is 20.1 Å². The molecule has 2 atom stereocenters. The first-order valence-corrected chi connectivity index (χ1v) is 17.1. The number of nitrogens with one attached hydrogen (secondary N) is 3. The van der Waals surface area contributed by atoms with Crippen LogP contribution in [-0.4, -0.2) is 67.7 Å². The molecular weight excluding hydrogens is 617 g/mol. The Labute approximate surface area is 287 Å². The second-order valence-corrected chi connectivity index (χ2v) is 14.9. The van der Waals surface area contributed by atoms with Gasteiger partial charge in [0.2, 0.25) is 11.8 Å². The number of thiol groups is 1. The molecule has 0 radical (unpaired) electrons. The van der Waals surface area contributed by atoms with Crippen molar-refractivity contribution in [3.63, 3.8) is 0 Å². The number of benzene rings is 2. The van der Waals surface area contributed by atoms with Crippen molar-refractivity contribution >= 4 is 42.3 Å². The number of rotatable bonds is 14. The minimum absolute atomic E-state index is 0.0747. The van der Waals surface area contributed by atoms with E-state index < -0.39 is 22.9 Å². The summed E-state index contributed by atoms with van der Waals surface area (Å²) in [7, 11) is 3.56. The zero-order chi connectivity index (χ0) is 35.2. The normalized spacial score (nSPS) is 12.7. The number of carbonyl (C=O) groups is 3. The fraction of sp³-hybridized carbons (Fsp3) is 0.528. The van der Waals surface area contributed by atoms with Crippen LogP contribution in [0.4, 0.5) is 0 Å². The summed E-state index contributed by atoms with van der Waals surface area (Å²) in [6, 6.07) is 14.6. The van der Waals surface area contributed by atoms with Crippen LogP contribution in [0.1, 0.15) is 66.5 Å². The van der Waals surface area contributed by atoms with Gasteiger partial charge in [-0.2, -0.15) is 12.6 Å². The van der Waals surface area contributed by atoms with Crippen molar-refractivity contribution in [2.24, 2.45) is 11.3 Å². The Morgan fingerprint density at radius 2 is 1.63 bits per heavy atom. The maximum absolute atomic E-state index is 13.5. The van der Waals surface area contributed by atoms with Crippen LogP contribution in [0, 0.1) is 18.3 Å². The molecule has 0 heterocycles. The fourth-order valence-corrected chi connectivity index (χ4v) is 5.42. The zero-order valence-corrected chi connectivity index (χ0v) is 31.3. The molecule has 0 spiro atoms. The van der Waals surface area contributed by atoms with E-state index in [9.17, 15) is 14.4 Å². The maximum atomic E-state index is 13.5. The molecule has 8 nitrogen and oxygen atoms in total. The third kappa shape index (κ3) is 13.4. The summed E-state index contributed by atoms with van der Waals surface area (Å²) < 4.78 is 8.41. The zero-order valence-electron chi connectivity index (χ0n) is 29.6. The Kier molecular flexibility index (Phi) is 17.0. The van der Waals surface area contributed by atoms with Crippen LogP contribution in [0.3, 0.4) is 0 Å². The minimum atomic E-state index is -0.629. The standard InChI is InChI=1S/C25H43N3O3S.C11H13NOS/c1-17(2)16-28(9)23(30)21(24(3,4)5)27-22(29)20(26-8)25(6,7)18-11-10-12-19(15-18)31-13-14-32;1-8(2)11(13)12-14-10-6-4-9(3)5-7-10/h10-12,15,17,20-21,26,32H,13-14,16H2,1-9H3,(H,27,29);4-7H,1H2,2-3H3,(H,12,13). The van der Waals surface area contributed by atoms with Gasteiger partial charge in [-0.15, -0.1) is 0 Å². The van der Waals surface area contributed by atoms with Gasteiger partial charge in [-0.3, -0.25) is 19.1 Å². The lowest BCUT2D eigenvalue weighted by Gasteiger charge is -2.38. The molecule has 0 aliphatic carbocycles. The molecule has 0 aliphatic heterocycles. The van der Waals surface area contributed by atoms with Crippen LogP contribution in [-0.2, 0) is 19.8 Å². The molecule has 3 amide bonds. The van der Waals surface area contributed by atoms with E-state index in [1.165, 1.54) is 17.5 Å². The maximum Gasteiger partial charge on any atom is 0.256 e. The van der Waals surface area contributed by atoms with Crippen LogP contribution >= 0.6 is 24.6 Å². The van der Waals surface area contributed by atoms with E-state index in [-0.39, 0.29) is 17.7 Å². The van der Waals surface area contributed by atoms with Gasteiger partial charge in [-0.25, -0.2) is 0 Å². The van der Waals surface area contributed by atoms with E-state index in [0.29, 0.717) is 30.4 Å². The van der Waals surface area contributed by atoms with E-state index in [1.54, 1.807) is 25.9 Å². The van der Waals surface area contributed by atoms with Gasteiger partial charge in [0.25, 0.3) is 5.91 Å². The highest BCUT2D eigenvalue weighted by atomic mass is 32.2. The first kappa shape index (κ1) is 41.1. The van der Waals surface area contributed by atoms with Crippen LogP contribution in [0.5, 0.6) is 5.75 Å². The van der Waals surface area contributed by atoms with Crippen molar-refractivity contribution in [3.8, 4) is 5.75 Å². The number of ether oxygens (including phenoxy) is 1. The Morgan fingerprint density at radius 1 is 1.02 bits per heavy atom. The minimum Gasteiger partial charge on any atom is -0.493 e. The highest BCUT2D eigenvalue weighted by molar-refractivity contribution is 7.98. The van der Waals surface area contributed by atoms with Crippen molar-refractivity contribution in [3.05, 3.63) is 71.8 Å². The van der Waals surface area contributed by atoms with Gasteiger partial charge in [0.05, 0.1) is 12.6 Å². The van der Waals surface area contributed by atoms with Gasteiger partial charge in [0, 0.05) is 35.2 Å². The second kappa shape index (κ2) is 19.0. The molecule has 46 heavy (non-hydrogen) atoms. The Bertz CT molecular complexity index is 1290. The molecule has 0 aromatic heterocycles. The smallest absolute Gasteiger partial charge is 0.256 e. The lowest BCUT2D eigenvalue weighted by atomic mass is 9.76. The number of hydrogen-bond donors (Lipinski definition) is 4. The highest BCUT2D eigenvalue weighted by Gasteiger charge is 2.40. The predicted molar refractivity (Wildman–Crippen MR) is 196 cm³/mol. The number of hydrogen-bond acceptors (Lipinski definition) is 7. The van der Waals surface area contributed by atoms with E-state index in [2.05, 4.69) is 48.4 Å². The molecular formula is C36H56N4O4S2. The summed E-state index contributed by atoms with van der Waals surface area (Å²) in [6.45, 7) is 22.5. The Hall–Kier alpha value is -2.95. The highest BCUT2D eigenvalue weighted by Crippen LogP contribution is 2.31. The molecule has 0 saturated carbocycles. The number of nitrogens with zero attached hydrogens (tertiary/aromatic N) is 1. The first-order valence-electron chi connectivity index (χ1n) is 15.6. The predicted octanol–water partition coefficient (Wildman–Crippen LogP) is 6.20. The fourth-order valence-electron chi connectivity index (χ4n) is 4.67. The third-order valence-corrected chi connectivity index (χ3v) is 8.27. The second-order valence-electron chi connectivity index (χ2n) is 13.6. The molecule has 0 bridgehead atoms. The topological polar surface area (TPSA) is 99.8 Å². The molecule has 0 saturated heterocycles. The van der Waals surface area contributed by atoms with Crippen LogP contribution in [0.25, 0.3) is 0 Å². The quantitative estimate of drug-likeness (QED) is 0.108. The largest absolute Gasteiger partial charge is 0.493 e. The van der Waals surface area contributed by atoms with Gasteiger partial charge in [-0.05, 0) is 74.0 Å². The third-order valence-electron chi connectivity index (χ3n) is 7.30. The van der Waals surface area contributed by atoms with Gasteiger partial charge in [-0.1, -0.05) is 84.9 Å². The SMILES string of the molecule is C=C(C)C(=O)NSc1ccc(C)cc1.CNC(C(=O)NC(C(=O)N(C)CC(C)C)C(C)(C)C)C(C)(C)c1cccc(OCCS)c1. The summed E-state index contributed by atoms with van der Waals surface area (Å²) >= 11 is 5.50. The Balaban J connectivity index is 0.000000626. The molecule has 2 aromatic carbocycles. The molecule has 2 aromatic rings. The van der Waals surface area contributed by atoms with Crippen molar-refractivity contribution in [2.45, 2.75) is 84.7 Å². The van der Waals surface area contributed by atoms with Gasteiger partial charge >= 0.3 is 0 Å². The molecule has 0 aliphatic rings. The van der Waals surface area contributed by atoms with Crippen molar-refractivity contribution in [1.29, 1.82) is 0 Å². The van der Waals surface area contributed by atoms with Crippen molar-refractivity contribution in [1.82, 2.24) is 20.3 Å². The summed E-state index contributed by atoms with van der Waals surface area (Å²) in [5, 5.41) is 6.22. The molecule has 10 heteroatoms. The van der Waals surface area contributed by atoms with E-state index in [4.69, 9.17) is 4.74 Å². The lowest BCUT2D eigenvalue weighted by molar-refractivity contribution is -0.139. The van der Waals surface area contributed by atoms with E-state index >= 15 is 0 Å².